The lowest BCUT2D eigenvalue weighted by molar-refractivity contribution is 0.0994. The van der Waals surface area contributed by atoms with E-state index in [-0.39, 0.29) is 5.78 Å². The van der Waals surface area contributed by atoms with E-state index in [4.69, 9.17) is 0 Å². The molecule has 0 amide bonds. The van der Waals surface area contributed by atoms with Crippen molar-refractivity contribution in [1.82, 2.24) is 9.97 Å². The van der Waals surface area contributed by atoms with Crippen LogP contribution in [0.4, 0.5) is 0 Å². The lowest BCUT2D eigenvalue weighted by atomic mass is 9.99. The number of nitrogens with zero attached hydrogens (tertiary/aromatic N) is 2. The second-order valence-electron chi connectivity index (χ2n) is 4.36. The summed E-state index contributed by atoms with van der Waals surface area (Å²) in [4.78, 5) is 20.4. The minimum Gasteiger partial charge on any atom is -0.294 e. The van der Waals surface area contributed by atoms with Crippen LogP contribution in [0.25, 0.3) is 10.8 Å². The topological polar surface area (TPSA) is 42.9 Å². The van der Waals surface area contributed by atoms with E-state index in [1.165, 1.54) is 0 Å². The highest BCUT2D eigenvalue weighted by Gasteiger charge is 2.10. The molecule has 0 spiro atoms. The monoisotopic (exact) mass is 248 g/mol. The largest absolute Gasteiger partial charge is 0.294 e. The standard InChI is InChI=1S/C16H12N2O/c19-16(10-12-4-7-17-8-5-12)15-3-1-2-13-11-18-9-6-14(13)15/h1-9,11H,10H2. The van der Waals surface area contributed by atoms with E-state index in [0.717, 1.165) is 21.9 Å². The van der Waals surface area contributed by atoms with Crippen molar-refractivity contribution in [1.29, 1.82) is 0 Å². The van der Waals surface area contributed by atoms with Crippen LogP contribution in [0.3, 0.4) is 0 Å². The summed E-state index contributed by atoms with van der Waals surface area (Å²) in [6.07, 6.45) is 7.29. The minimum atomic E-state index is 0.114. The molecule has 0 aliphatic rings. The first kappa shape index (κ1) is 11.5. The van der Waals surface area contributed by atoms with Crippen LogP contribution in [0, 0.1) is 0 Å². The highest BCUT2D eigenvalue weighted by molar-refractivity contribution is 6.08. The van der Waals surface area contributed by atoms with Gasteiger partial charge in [-0.15, -0.1) is 0 Å². The number of hydrogen-bond donors (Lipinski definition) is 0. The van der Waals surface area contributed by atoms with Crippen molar-refractivity contribution in [3.05, 3.63) is 72.3 Å². The van der Waals surface area contributed by atoms with Crippen molar-refractivity contribution in [3.63, 3.8) is 0 Å². The van der Waals surface area contributed by atoms with Gasteiger partial charge in [-0.1, -0.05) is 18.2 Å². The number of pyridine rings is 2. The third kappa shape index (κ3) is 2.36. The average Bonchev–Trinajstić information content (AvgIpc) is 2.47. The van der Waals surface area contributed by atoms with Gasteiger partial charge in [0.05, 0.1) is 0 Å². The summed E-state index contributed by atoms with van der Waals surface area (Å²) in [6, 6.07) is 11.3. The third-order valence-electron chi connectivity index (χ3n) is 3.10. The molecule has 0 atom stereocenters. The van der Waals surface area contributed by atoms with Gasteiger partial charge in [-0.2, -0.15) is 0 Å². The molecule has 0 bridgehead atoms. The van der Waals surface area contributed by atoms with Gasteiger partial charge in [0.1, 0.15) is 0 Å². The first-order chi connectivity index (χ1) is 9.34. The van der Waals surface area contributed by atoms with Crippen LogP contribution in [-0.4, -0.2) is 15.8 Å². The average molecular weight is 248 g/mol. The minimum absolute atomic E-state index is 0.114. The molecule has 2 heterocycles. The van der Waals surface area contributed by atoms with Gasteiger partial charge in [0.25, 0.3) is 0 Å². The van der Waals surface area contributed by atoms with Crippen LogP contribution >= 0.6 is 0 Å². The van der Waals surface area contributed by atoms with Gasteiger partial charge in [0.2, 0.25) is 0 Å². The maximum absolute atomic E-state index is 12.4. The molecule has 0 unspecified atom stereocenters. The van der Waals surface area contributed by atoms with E-state index in [2.05, 4.69) is 9.97 Å². The zero-order chi connectivity index (χ0) is 13.1. The number of carbonyl (C=O) groups excluding carboxylic acids is 1. The Morgan fingerprint density at radius 3 is 2.58 bits per heavy atom. The predicted octanol–water partition coefficient (Wildman–Crippen LogP) is 3.06. The van der Waals surface area contributed by atoms with Crippen LogP contribution in [0.2, 0.25) is 0 Å². The van der Waals surface area contributed by atoms with Crippen molar-refractivity contribution < 1.29 is 4.79 Å². The quantitative estimate of drug-likeness (QED) is 0.669. The molecule has 0 saturated carbocycles. The molecule has 3 heteroatoms. The molecule has 19 heavy (non-hydrogen) atoms. The number of aromatic nitrogens is 2. The highest BCUT2D eigenvalue weighted by Crippen LogP contribution is 2.19. The molecule has 1 aromatic carbocycles. The maximum atomic E-state index is 12.4. The van der Waals surface area contributed by atoms with Gasteiger partial charge in [0.15, 0.2) is 5.78 Å². The van der Waals surface area contributed by atoms with Crippen molar-refractivity contribution in [2.75, 3.05) is 0 Å². The Kier molecular flexibility index (Phi) is 3.02. The molecule has 3 rings (SSSR count). The molecule has 3 nitrogen and oxygen atoms in total. The van der Waals surface area contributed by atoms with Crippen LogP contribution in [0.5, 0.6) is 0 Å². The molecule has 0 radical (unpaired) electrons. The van der Waals surface area contributed by atoms with E-state index < -0.39 is 0 Å². The number of rotatable bonds is 3. The molecule has 0 aliphatic heterocycles. The summed E-state index contributed by atoms with van der Waals surface area (Å²) in [5, 5.41) is 1.94. The fourth-order valence-corrected chi connectivity index (χ4v) is 2.15. The van der Waals surface area contributed by atoms with Crippen molar-refractivity contribution in [3.8, 4) is 0 Å². The molecule has 2 aromatic heterocycles. The second-order valence-corrected chi connectivity index (χ2v) is 4.36. The number of benzene rings is 1. The van der Waals surface area contributed by atoms with E-state index in [9.17, 15) is 4.79 Å². The van der Waals surface area contributed by atoms with E-state index in [1.54, 1.807) is 24.8 Å². The van der Waals surface area contributed by atoms with Crippen molar-refractivity contribution in [2.45, 2.75) is 6.42 Å². The Hall–Kier alpha value is -2.55. The fourth-order valence-electron chi connectivity index (χ4n) is 2.15. The summed E-state index contributed by atoms with van der Waals surface area (Å²) in [7, 11) is 0. The number of carbonyl (C=O) groups is 1. The SMILES string of the molecule is O=C(Cc1ccncc1)c1cccc2cnccc12. The first-order valence-corrected chi connectivity index (χ1v) is 6.09. The predicted molar refractivity (Wildman–Crippen MR) is 74.0 cm³/mol. The van der Waals surface area contributed by atoms with Crippen molar-refractivity contribution >= 4 is 16.6 Å². The lowest BCUT2D eigenvalue weighted by Gasteiger charge is -2.05. The molecule has 0 saturated heterocycles. The molecular weight excluding hydrogens is 236 g/mol. The number of ketones is 1. The summed E-state index contributed by atoms with van der Waals surface area (Å²) in [6.45, 7) is 0. The number of hydrogen-bond acceptors (Lipinski definition) is 3. The van der Waals surface area contributed by atoms with E-state index >= 15 is 0 Å². The Bertz CT molecular complexity index is 718. The van der Waals surface area contributed by atoms with E-state index in [0.29, 0.717) is 6.42 Å². The van der Waals surface area contributed by atoms with E-state index in [1.807, 2.05) is 36.4 Å². The highest BCUT2D eigenvalue weighted by atomic mass is 16.1. The summed E-state index contributed by atoms with van der Waals surface area (Å²) >= 11 is 0. The normalized spacial score (nSPS) is 10.5. The molecule has 3 aromatic rings. The molecular formula is C16H12N2O. The number of fused-ring (bicyclic) bond motifs is 1. The molecule has 0 fully saturated rings. The summed E-state index contributed by atoms with van der Waals surface area (Å²) < 4.78 is 0. The molecule has 0 N–H and O–H groups in total. The van der Waals surface area contributed by atoms with Gasteiger partial charge in [-0.05, 0) is 29.1 Å². The van der Waals surface area contributed by atoms with Gasteiger partial charge in [-0.3, -0.25) is 14.8 Å². The Labute approximate surface area is 111 Å². The first-order valence-electron chi connectivity index (χ1n) is 6.09. The Balaban J connectivity index is 1.98. The van der Waals surface area contributed by atoms with Crippen LogP contribution in [-0.2, 0) is 6.42 Å². The lowest BCUT2D eigenvalue weighted by Crippen LogP contribution is -2.04. The van der Waals surface area contributed by atoms with Gasteiger partial charge in [-0.25, -0.2) is 0 Å². The molecule has 0 aliphatic carbocycles. The Morgan fingerprint density at radius 2 is 1.74 bits per heavy atom. The molecule has 92 valence electrons. The van der Waals surface area contributed by atoms with Gasteiger partial charge >= 0.3 is 0 Å². The summed E-state index contributed by atoms with van der Waals surface area (Å²) in [5.74, 6) is 0.114. The summed E-state index contributed by atoms with van der Waals surface area (Å²) in [5.41, 5.74) is 1.72. The van der Waals surface area contributed by atoms with Crippen molar-refractivity contribution in [2.24, 2.45) is 0 Å². The number of Topliss-reactive ketones (excluding diaryl/α,β-unsaturated/α-hetero) is 1. The fraction of sp³-hybridized carbons (Fsp3) is 0.0625. The smallest absolute Gasteiger partial charge is 0.167 e. The maximum Gasteiger partial charge on any atom is 0.167 e. The zero-order valence-corrected chi connectivity index (χ0v) is 10.3. The third-order valence-corrected chi connectivity index (χ3v) is 3.10. The second kappa shape index (κ2) is 4.98. The van der Waals surface area contributed by atoms with Crippen LogP contribution in [0.1, 0.15) is 15.9 Å². The van der Waals surface area contributed by atoms with Crippen LogP contribution < -0.4 is 0 Å². The van der Waals surface area contributed by atoms with Gasteiger partial charge < -0.3 is 0 Å². The van der Waals surface area contributed by atoms with Gasteiger partial charge in [0, 0.05) is 42.2 Å². The Morgan fingerprint density at radius 1 is 0.947 bits per heavy atom. The zero-order valence-electron chi connectivity index (χ0n) is 10.3. The van der Waals surface area contributed by atoms with Crippen LogP contribution in [0.15, 0.2) is 61.2 Å².